The molecule has 1 heterocycles. The standard InChI is InChI=1S/C20H21Cl2F3N4O4S/c1-33-8-7-26-19-13(3-5-16(28-19)20(23,24)25)4-6-17(30)27-11-12-9-14(21)18(15(22)10-12)29-34(2,31)32/h3-6,9-10,29H,7-8,11H2,1-2H3,(H,26,28)(H,27,30). The summed E-state index contributed by atoms with van der Waals surface area (Å²) in [5, 5.41) is 5.41. The number of carbonyl (C=O) groups is 1. The Labute approximate surface area is 204 Å². The number of hydrogen-bond donors (Lipinski definition) is 3. The first-order valence-electron chi connectivity index (χ1n) is 9.53. The molecule has 0 bridgehead atoms. The van der Waals surface area contributed by atoms with E-state index in [0.717, 1.165) is 18.4 Å². The van der Waals surface area contributed by atoms with Crippen LogP contribution in [0.15, 0.2) is 30.3 Å². The van der Waals surface area contributed by atoms with E-state index in [1.807, 2.05) is 0 Å². The molecular weight excluding hydrogens is 520 g/mol. The highest BCUT2D eigenvalue weighted by molar-refractivity contribution is 7.92. The lowest BCUT2D eigenvalue weighted by molar-refractivity contribution is -0.141. The van der Waals surface area contributed by atoms with Gasteiger partial charge in [-0.05, 0) is 35.9 Å². The van der Waals surface area contributed by atoms with Crippen LogP contribution < -0.4 is 15.4 Å². The number of amides is 1. The van der Waals surface area contributed by atoms with Crippen LogP contribution >= 0.6 is 23.2 Å². The van der Waals surface area contributed by atoms with E-state index in [9.17, 15) is 26.4 Å². The molecule has 1 amide bonds. The Kier molecular flexibility index (Phi) is 9.56. The fourth-order valence-electron chi connectivity index (χ4n) is 2.60. The highest BCUT2D eigenvalue weighted by Gasteiger charge is 2.32. The molecule has 1 aromatic heterocycles. The van der Waals surface area contributed by atoms with Crippen molar-refractivity contribution in [3.05, 3.63) is 57.2 Å². The zero-order valence-electron chi connectivity index (χ0n) is 18.0. The van der Waals surface area contributed by atoms with Crippen molar-refractivity contribution < 1.29 is 31.1 Å². The number of halogens is 5. The minimum absolute atomic E-state index is 0.00593. The maximum Gasteiger partial charge on any atom is 0.433 e. The summed E-state index contributed by atoms with van der Waals surface area (Å²) in [7, 11) is -2.15. The Morgan fingerprint density at radius 1 is 1.21 bits per heavy atom. The minimum Gasteiger partial charge on any atom is -0.383 e. The van der Waals surface area contributed by atoms with Crippen LogP contribution in [0.4, 0.5) is 24.7 Å². The molecule has 0 saturated heterocycles. The Bertz CT molecular complexity index is 1150. The summed E-state index contributed by atoms with van der Waals surface area (Å²) in [5.74, 6) is -0.600. The van der Waals surface area contributed by atoms with Gasteiger partial charge in [0.05, 0.1) is 28.6 Å². The van der Waals surface area contributed by atoms with E-state index >= 15 is 0 Å². The van der Waals surface area contributed by atoms with Gasteiger partial charge in [0.15, 0.2) is 0 Å². The van der Waals surface area contributed by atoms with E-state index in [1.54, 1.807) is 0 Å². The van der Waals surface area contributed by atoms with E-state index in [0.29, 0.717) is 5.56 Å². The summed E-state index contributed by atoms with van der Waals surface area (Å²) in [6, 6.07) is 4.88. The molecule has 2 rings (SSSR count). The number of aromatic nitrogens is 1. The third-order valence-corrected chi connectivity index (χ3v) is 5.26. The number of sulfonamides is 1. The van der Waals surface area contributed by atoms with Crippen molar-refractivity contribution in [3.63, 3.8) is 0 Å². The first-order valence-corrected chi connectivity index (χ1v) is 12.2. The number of carbonyl (C=O) groups excluding carboxylic acids is 1. The maximum absolute atomic E-state index is 13.0. The highest BCUT2D eigenvalue weighted by atomic mass is 35.5. The molecular formula is C20H21Cl2F3N4O4S. The molecule has 0 aliphatic heterocycles. The molecule has 0 fully saturated rings. The van der Waals surface area contributed by atoms with Crippen molar-refractivity contribution in [1.82, 2.24) is 10.3 Å². The molecule has 3 N–H and O–H groups in total. The molecule has 2 aromatic rings. The second-order valence-electron chi connectivity index (χ2n) is 6.91. The zero-order valence-corrected chi connectivity index (χ0v) is 20.3. The Hall–Kier alpha value is -2.54. The number of nitrogens with zero attached hydrogens (tertiary/aromatic N) is 1. The summed E-state index contributed by atoms with van der Waals surface area (Å²) >= 11 is 12.1. The summed E-state index contributed by atoms with van der Waals surface area (Å²) in [6.07, 6.45) is -1.22. The van der Waals surface area contributed by atoms with Crippen molar-refractivity contribution in [2.45, 2.75) is 12.7 Å². The predicted octanol–water partition coefficient (Wildman–Crippen LogP) is 4.17. The van der Waals surface area contributed by atoms with Gasteiger partial charge in [-0.15, -0.1) is 0 Å². The molecule has 0 atom stereocenters. The maximum atomic E-state index is 13.0. The fourth-order valence-corrected chi connectivity index (χ4v) is 3.93. The van der Waals surface area contributed by atoms with Crippen LogP contribution in [0.1, 0.15) is 16.8 Å². The number of benzene rings is 1. The van der Waals surface area contributed by atoms with Crippen LogP contribution in [0, 0.1) is 0 Å². The van der Waals surface area contributed by atoms with Gasteiger partial charge in [0.1, 0.15) is 11.5 Å². The van der Waals surface area contributed by atoms with E-state index in [1.165, 1.54) is 31.4 Å². The lowest BCUT2D eigenvalue weighted by Gasteiger charge is -2.12. The molecule has 0 unspecified atom stereocenters. The average molecular weight is 541 g/mol. The quantitative estimate of drug-likeness (QED) is 0.308. The summed E-state index contributed by atoms with van der Waals surface area (Å²) < 4.78 is 68.8. The number of nitrogens with one attached hydrogen (secondary N) is 3. The summed E-state index contributed by atoms with van der Waals surface area (Å²) in [5.41, 5.74) is -0.295. The Morgan fingerprint density at radius 2 is 1.85 bits per heavy atom. The molecule has 34 heavy (non-hydrogen) atoms. The number of ether oxygens (including phenoxy) is 1. The summed E-state index contributed by atoms with van der Waals surface area (Å²) in [4.78, 5) is 15.8. The van der Waals surface area contributed by atoms with Gasteiger partial charge in [-0.1, -0.05) is 23.2 Å². The molecule has 0 saturated carbocycles. The number of rotatable bonds is 10. The van der Waals surface area contributed by atoms with Gasteiger partial charge in [0.2, 0.25) is 15.9 Å². The normalized spacial score (nSPS) is 12.1. The smallest absolute Gasteiger partial charge is 0.383 e. The molecule has 0 aliphatic rings. The molecule has 8 nitrogen and oxygen atoms in total. The van der Waals surface area contributed by atoms with Crippen LogP contribution in [0.25, 0.3) is 6.08 Å². The average Bonchev–Trinajstić information content (AvgIpc) is 2.72. The highest BCUT2D eigenvalue weighted by Crippen LogP contribution is 2.32. The van der Waals surface area contributed by atoms with Crippen molar-refractivity contribution in [3.8, 4) is 0 Å². The topological polar surface area (TPSA) is 109 Å². The number of methoxy groups -OCH3 is 1. The van der Waals surface area contributed by atoms with Gasteiger partial charge in [-0.2, -0.15) is 13.2 Å². The first-order chi connectivity index (χ1) is 15.8. The fraction of sp³-hybridized carbons (Fsp3) is 0.300. The van der Waals surface area contributed by atoms with Gasteiger partial charge in [-0.3, -0.25) is 9.52 Å². The lowest BCUT2D eigenvalue weighted by Crippen LogP contribution is -2.20. The SMILES string of the molecule is COCCNc1nc(C(F)(F)F)ccc1C=CC(=O)NCc1cc(Cl)c(NS(C)(=O)=O)c(Cl)c1. The lowest BCUT2D eigenvalue weighted by atomic mass is 10.2. The van der Waals surface area contributed by atoms with Crippen LogP contribution in [0.2, 0.25) is 10.0 Å². The van der Waals surface area contributed by atoms with Gasteiger partial charge in [0, 0.05) is 31.8 Å². The Morgan fingerprint density at radius 3 is 2.41 bits per heavy atom. The van der Waals surface area contributed by atoms with E-state index in [4.69, 9.17) is 27.9 Å². The molecule has 0 radical (unpaired) electrons. The molecule has 14 heteroatoms. The minimum atomic E-state index is -4.62. The van der Waals surface area contributed by atoms with Gasteiger partial charge < -0.3 is 15.4 Å². The largest absolute Gasteiger partial charge is 0.433 e. The summed E-state index contributed by atoms with van der Waals surface area (Å²) in [6.45, 7) is 0.459. The Balaban J connectivity index is 2.11. The predicted molar refractivity (Wildman–Crippen MR) is 125 cm³/mol. The van der Waals surface area contributed by atoms with Gasteiger partial charge >= 0.3 is 6.18 Å². The van der Waals surface area contributed by atoms with E-state index in [-0.39, 0.29) is 46.8 Å². The second kappa shape index (κ2) is 11.7. The van der Waals surface area contributed by atoms with Crippen LogP contribution in [-0.4, -0.2) is 45.8 Å². The number of pyridine rings is 1. The van der Waals surface area contributed by atoms with E-state index in [2.05, 4.69) is 20.3 Å². The van der Waals surface area contributed by atoms with Crippen LogP contribution in [0.3, 0.4) is 0 Å². The van der Waals surface area contributed by atoms with Crippen molar-refractivity contribution >= 4 is 56.7 Å². The third-order valence-electron chi connectivity index (χ3n) is 4.09. The zero-order chi connectivity index (χ0) is 25.5. The molecule has 0 spiro atoms. The van der Waals surface area contributed by atoms with Crippen LogP contribution in [-0.2, 0) is 32.3 Å². The number of alkyl halides is 3. The van der Waals surface area contributed by atoms with Gasteiger partial charge in [0.25, 0.3) is 0 Å². The van der Waals surface area contributed by atoms with Crippen molar-refractivity contribution in [2.75, 3.05) is 36.6 Å². The number of hydrogen-bond acceptors (Lipinski definition) is 6. The molecule has 0 aliphatic carbocycles. The van der Waals surface area contributed by atoms with Crippen molar-refractivity contribution in [2.24, 2.45) is 0 Å². The molecule has 186 valence electrons. The van der Waals surface area contributed by atoms with Gasteiger partial charge in [-0.25, -0.2) is 13.4 Å². The number of anilines is 2. The molecule has 1 aromatic carbocycles. The third kappa shape index (κ3) is 8.67. The monoisotopic (exact) mass is 540 g/mol. The second-order valence-corrected chi connectivity index (χ2v) is 9.47. The first kappa shape index (κ1) is 27.7. The van der Waals surface area contributed by atoms with Crippen molar-refractivity contribution in [1.29, 1.82) is 0 Å². The van der Waals surface area contributed by atoms with Crippen LogP contribution in [0.5, 0.6) is 0 Å². The van der Waals surface area contributed by atoms with E-state index < -0.39 is 27.8 Å².